The summed E-state index contributed by atoms with van der Waals surface area (Å²) >= 11 is 0. The van der Waals surface area contributed by atoms with E-state index >= 15 is 0 Å². The van der Waals surface area contributed by atoms with Crippen molar-refractivity contribution in [3.05, 3.63) is 71.3 Å². The molecule has 6 nitrogen and oxygen atoms in total. The van der Waals surface area contributed by atoms with Gasteiger partial charge in [0.2, 0.25) is 0 Å². The first-order chi connectivity index (χ1) is 20.0. The lowest BCUT2D eigenvalue weighted by atomic mass is 9.80. The lowest BCUT2D eigenvalue weighted by molar-refractivity contribution is 0.0491. The molecule has 2 N–H and O–H groups in total. The summed E-state index contributed by atoms with van der Waals surface area (Å²) in [6.07, 6.45) is 4.16. The topological polar surface area (TPSA) is 79.4 Å². The van der Waals surface area contributed by atoms with E-state index in [1.165, 1.54) is 27.8 Å². The molecule has 0 spiro atoms. The Morgan fingerprint density at radius 2 is 1.53 bits per heavy atom. The summed E-state index contributed by atoms with van der Waals surface area (Å²) in [5.74, 6) is 1.37. The fourth-order valence-electron chi connectivity index (χ4n) is 5.90. The monoisotopic (exact) mass is 580 g/mol. The van der Waals surface area contributed by atoms with Crippen LogP contribution in [-0.2, 0) is 11.2 Å². The third kappa shape index (κ3) is 6.79. The van der Waals surface area contributed by atoms with Crippen LogP contribution in [0.1, 0.15) is 105 Å². The SMILES string of the molecule is C[C@H](c1ncc(-c2ccc(-c3ccc4c(c3)CCC3=C4CC([C@@H](NC(=O)OC(C)(C)C)C(C)(C)C)=N3)cc2)[nH]1)C(C)(C)C. The van der Waals surface area contributed by atoms with E-state index < -0.39 is 11.7 Å². The van der Waals surface area contributed by atoms with Crippen molar-refractivity contribution in [3.63, 3.8) is 0 Å². The second kappa shape index (κ2) is 11.1. The third-order valence-corrected chi connectivity index (χ3v) is 8.74. The number of hydrogen-bond acceptors (Lipinski definition) is 4. The zero-order valence-electron chi connectivity index (χ0n) is 27.6. The Balaban J connectivity index is 1.32. The molecule has 1 aliphatic heterocycles. The number of amides is 1. The number of ether oxygens (including phenoxy) is 1. The van der Waals surface area contributed by atoms with Gasteiger partial charge in [0, 0.05) is 23.7 Å². The number of allylic oxidation sites excluding steroid dienone is 2. The second-order valence-electron chi connectivity index (χ2n) is 15.4. The van der Waals surface area contributed by atoms with Gasteiger partial charge in [-0.3, -0.25) is 4.99 Å². The third-order valence-electron chi connectivity index (χ3n) is 8.74. The van der Waals surface area contributed by atoms with Gasteiger partial charge < -0.3 is 15.0 Å². The Labute approximate surface area is 257 Å². The molecule has 3 aromatic rings. The molecule has 2 aromatic carbocycles. The number of aromatic nitrogens is 2. The van der Waals surface area contributed by atoms with E-state index in [1.807, 2.05) is 27.0 Å². The largest absolute Gasteiger partial charge is 0.444 e. The standard InChI is InChI=1S/C37H48N4O2/c1-22(35(2,3)4)33-38-21-31(40-33)24-13-11-23(12-14-24)25-15-17-27-26(19-25)16-18-29-28(27)20-30(39-29)32(36(5,6)7)41-34(42)43-37(8,9)10/h11-15,17,19,21-22,32H,16,18,20H2,1-10H3,(H,38,40)(H,41,42)/t22-,32-/m1/s1. The van der Waals surface area contributed by atoms with Crippen LogP contribution in [-0.4, -0.2) is 33.4 Å². The quantitative estimate of drug-likeness (QED) is 0.316. The van der Waals surface area contributed by atoms with Crippen molar-refractivity contribution in [2.45, 2.75) is 106 Å². The molecule has 0 radical (unpaired) electrons. The van der Waals surface area contributed by atoms with Gasteiger partial charge in [0.15, 0.2) is 0 Å². The highest BCUT2D eigenvalue weighted by Crippen LogP contribution is 2.42. The summed E-state index contributed by atoms with van der Waals surface area (Å²) in [5, 5.41) is 3.12. The van der Waals surface area contributed by atoms with Crippen molar-refractivity contribution in [3.8, 4) is 22.4 Å². The van der Waals surface area contributed by atoms with Gasteiger partial charge in [0.1, 0.15) is 11.4 Å². The van der Waals surface area contributed by atoms with E-state index in [9.17, 15) is 4.79 Å². The number of alkyl carbamates (subject to hydrolysis) is 1. The molecule has 0 unspecified atom stereocenters. The van der Waals surface area contributed by atoms with Crippen LogP contribution in [0.25, 0.3) is 28.0 Å². The lowest BCUT2D eigenvalue weighted by Gasteiger charge is -2.32. The van der Waals surface area contributed by atoms with Crippen LogP contribution < -0.4 is 5.32 Å². The average Bonchev–Trinajstić information content (AvgIpc) is 3.57. The fourth-order valence-corrected chi connectivity index (χ4v) is 5.90. The van der Waals surface area contributed by atoms with Gasteiger partial charge in [-0.25, -0.2) is 9.78 Å². The molecule has 0 fully saturated rings. The summed E-state index contributed by atoms with van der Waals surface area (Å²) in [4.78, 5) is 26.0. The van der Waals surface area contributed by atoms with Crippen LogP contribution in [0.3, 0.4) is 0 Å². The molecule has 1 aliphatic carbocycles. The lowest BCUT2D eigenvalue weighted by Crippen LogP contribution is -2.50. The molecule has 0 saturated carbocycles. The minimum atomic E-state index is -0.550. The van der Waals surface area contributed by atoms with Gasteiger partial charge in [0.05, 0.1) is 17.9 Å². The Kier molecular flexibility index (Phi) is 7.95. The average molecular weight is 581 g/mol. The summed E-state index contributed by atoms with van der Waals surface area (Å²) in [6, 6.07) is 15.4. The maximum absolute atomic E-state index is 12.7. The molecule has 6 heteroatoms. The number of carbonyl (C=O) groups excluding carboxylic acids is 1. The number of aliphatic imine (C=N–C) groups is 1. The zero-order valence-corrected chi connectivity index (χ0v) is 27.6. The Hall–Kier alpha value is -3.67. The van der Waals surface area contributed by atoms with Crippen LogP contribution in [0.5, 0.6) is 0 Å². The molecule has 1 amide bonds. The molecule has 1 aromatic heterocycles. The zero-order chi connectivity index (χ0) is 31.3. The molecule has 43 heavy (non-hydrogen) atoms. The summed E-state index contributed by atoms with van der Waals surface area (Å²) in [5.41, 5.74) is 10.1. The van der Waals surface area contributed by atoms with Gasteiger partial charge in [0.25, 0.3) is 0 Å². The summed E-state index contributed by atoms with van der Waals surface area (Å²) < 4.78 is 5.58. The van der Waals surface area contributed by atoms with E-state index in [4.69, 9.17) is 9.73 Å². The number of nitrogens with zero attached hydrogens (tertiary/aromatic N) is 2. The van der Waals surface area contributed by atoms with Gasteiger partial charge in [-0.05, 0) is 77.8 Å². The van der Waals surface area contributed by atoms with Gasteiger partial charge in [-0.15, -0.1) is 0 Å². The number of imidazole rings is 1. The number of aromatic amines is 1. The number of H-pyrrole nitrogens is 1. The van der Waals surface area contributed by atoms with E-state index in [-0.39, 0.29) is 16.9 Å². The van der Waals surface area contributed by atoms with Gasteiger partial charge in [-0.2, -0.15) is 0 Å². The van der Waals surface area contributed by atoms with Crippen LogP contribution in [0.15, 0.2) is 59.4 Å². The number of fused-ring (bicyclic) bond motifs is 2. The van der Waals surface area contributed by atoms with E-state index in [1.54, 1.807) is 0 Å². The summed E-state index contributed by atoms with van der Waals surface area (Å²) in [6.45, 7) is 21.0. The number of aryl methyl sites for hydroxylation is 1. The highest BCUT2D eigenvalue weighted by molar-refractivity contribution is 6.05. The minimum Gasteiger partial charge on any atom is -0.444 e. The van der Waals surface area contributed by atoms with Crippen LogP contribution in [0.2, 0.25) is 0 Å². The highest BCUT2D eigenvalue weighted by atomic mass is 16.6. The molecule has 0 bridgehead atoms. The van der Waals surface area contributed by atoms with Crippen molar-refractivity contribution >= 4 is 17.4 Å². The first kappa shape index (κ1) is 30.8. The number of nitrogens with one attached hydrogen (secondary N) is 2. The molecular weight excluding hydrogens is 532 g/mol. The van der Waals surface area contributed by atoms with Crippen LogP contribution >= 0.6 is 0 Å². The first-order valence-electron chi connectivity index (χ1n) is 15.6. The highest BCUT2D eigenvalue weighted by Gasteiger charge is 2.36. The minimum absolute atomic E-state index is 0.152. The van der Waals surface area contributed by atoms with E-state index in [2.05, 4.69) is 106 Å². The van der Waals surface area contributed by atoms with Crippen molar-refractivity contribution in [1.29, 1.82) is 0 Å². The maximum atomic E-state index is 12.7. The molecule has 0 saturated heterocycles. The number of benzene rings is 2. The Bertz CT molecular complexity index is 1570. The number of rotatable bonds is 5. The molecule has 5 rings (SSSR count). The Morgan fingerprint density at radius 3 is 2.16 bits per heavy atom. The number of carbonyl (C=O) groups is 1. The predicted octanol–water partition coefficient (Wildman–Crippen LogP) is 9.33. The van der Waals surface area contributed by atoms with Crippen LogP contribution in [0, 0.1) is 10.8 Å². The normalized spacial score (nSPS) is 16.7. The van der Waals surface area contributed by atoms with Crippen molar-refractivity contribution < 1.29 is 9.53 Å². The second-order valence-corrected chi connectivity index (χ2v) is 15.4. The van der Waals surface area contributed by atoms with Crippen molar-refractivity contribution in [1.82, 2.24) is 15.3 Å². The van der Waals surface area contributed by atoms with Crippen molar-refractivity contribution in [2.75, 3.05) is 0 Å². The molecule has 2 aliphatic rings. The molecule has 2 heterocycles. The van der Waals surface area contributed by atoms with E-state index in [0.29, 0.717) is 5.92 Å². The van der Waals surface area contributed by atoms with Gasteiger partial charge in [-0.1, -0.05) is 90.9 Å². The maximum Gasteiger partial charge on any atom is 0.408 e. The molecule has 2 atom stereocenters. The smallest absolute Gasteiger partial charge is 0.408 e. The predicted molar refractivity (Wildman–Crippen MR) is 177 cm³/mol. The Morgan fingerprint density at radius 1 is 0.884 bits per heavy atom. The molecular formula is C37H48N4O2. The summed E-state index contributed by atoms with van der Waals surface area (Å²) in [7, 11) is 0. The fraction of sp³-hybridized carbons (Fsp3) is 0.486. The first-order valence-corrected chi connectivity index (χ1v) is 15.6. The number of hydrogen-bond donors (Lipinski definition) is 2. The van der Waals surface area contributed by atoms with Crippen LogP contribution in [0.4, 0.5) is 4.79 Å². The van der Waals surface area contributed by atoms with Crippen molar-refractivity contribution in [2.24, 2.45) is 15.8 Å². The van der Waals surface area contributed by atoms with Gasteiger partial charge >= 0.3 is 6.09 Å². The molecule has 228 valence electrons. The van der Waals surface area contributed by atoms with E-state index in [0.717, 1.165) is 47.8 Å².